The van der Waals surface area contributed by atoms with Crippen molar-refractivity contribution in [3.05, 3.63) is 82.4 Å². The lowest BCUT2D eigenvalue weighted by molar-refractivity contribution is 0.0778. The Morgan fingerprint density at radius 2 is 1.92 bits per heavy atom. The van der Waals surface area contributed by atoms with Crippen molar-refractivity contribution in [1.29, 1.82) is 0 Å². The molecule has 0 fully saturated rings. The van der Waals surface area contributed by atoms with Gasteiger partial charge >= 0.3 is 0 Å². The lowest BCUT2D eigenvalue weighted by Gasteiger charge is -2.18. The van der Waals surface area contributed by atoms with Crippen LogP contribution in [0.1, 0.15) is 46.9 Å². The molecule has 0 aliphatic heterocycles. The molecule has 8 nitrogen and oxygen atoms in total. The van der Waals surface area contributed by atoms with E-state index in [1.165, 1.54) is 19.9 Å². The number of nitrogens with two attached hydrogens (primary N) is 1. The minimum Gasteiger partial charge on any atom is -0.386 e. The molecule has 0 saturated heterocycles. The number of nitrogens with one attached hydrogen (secondary N) is 1. The van der Waals surface area contributed by atoms with Crippen LogP contribution in [-0.2, 0) is 23.4 Å². The Balaban J connectivity index is 1.51. The molecule has 0 aliphatic rings. The number of aryl methyl sites for hydroxylation is 1. The molecule has 0 spiro atoms. The van der Waals surface area contributed by atoms with Gasteiger partial charge in [-0.3, -0.25) is 4.79 Å². The molecule has 3 heterocycles. The number of hydrogen-bond acceptors (Lipinski definition) is 8. The molecule has 3 aromatic heterocycles. The van der Waals surface area contributed by atoms with Crippen molar-refractivity contribution < 1.29 is 27.9 Å². The van der Waals surface area contributed by atoms with Crippen LogP contribution < -0.4 is 11.1 Å². The largest absolute Gasteiger partial charge is 0.386 e. The number of primary amides is 1. The first-order valence-corrected chi connectivity index (χ1v) is 12.2. The van der Waals surface area contributed by atoms with Crippen molar-refractivity contribution in [3.63, 3.8) is 0 Å². The number of pyridine rings is 1. The molecule has 0 aliphatic carbocycles. The minimum atomic E-state index is -1.42. The van der Waals surface area contributed by atoms with E-state index in [9.17, 15) is 18.7 Å². The predicted molar refractivity (Wildman–Crippen MR) is 136 cm³/mol. The second-order valence-corrected chi connectivity index (χ2v) is 10.0. The maximum atomic E-state index is 14.9. The highest BCUT2D eigenvalue weighted by molar-refractivity contribution is 7.20. The smallest absolute Gasteiger partial charge is 0.251 e. The summed E-state index contributed by atoms with van der Waals surface area (Å²) in [6, 6.07) is 10.6. The van der Waals surface area contributed by atoms with Crippen LogP contribution in [0, 0.1) is 18.6 Å². The van der Waals surface area contributed by atoms with Crippen LogP contribution in [0.4, 0.5) is 19.6 Å². The molecular formula is C26H26F2N4O4S. The predicted octanol–water partition coefficient (Wildman–Crippen LogP) is 5.21. The van der Waals surface area contributed by atoms with Gasteiger partial charge in [-0.05, 0) is 56.7 Å². The third-order valence-corrected chi connectivity index (χ3v) is 6.54. The summed E-state index contributed by atoms with van der Waals surface area (Å²) in [5.74, 6) is -1.34. The molecule has 1 aromatic carbocycles. The number of aromatic nitrogens is 2. The van der Waals surface area contributed by atoms with E-state index in [4.69, 9.17) is 15.0 Å². The number of ether oxygens (including phenoxy) is 1. The number of anilines is 2. The van der Waals surface area contributed by atoms with Crippen LogP contribution in [0.25, 0.3) is 10.4 Å². The maximum absolute atomic E-state index is 14.9. The van der Waals surface area contributed by atoms with E-state index >= 15 is 0 Å². The van der Waals surface area contributed by atoms with Crippen LogP contribution in [0.15, 0.2) is 47.0 Å². The SMILES string of the molecule is Cc1cc(COCCc2cccc(Nc3sc(-c4c(F)cc(C(C)(C)O)cc4F)cc3C(N)=O)n2)no1. The third-order valence-electron chi connectivity index (χ3n) is 5.47. The number of benzene rings is 1. The van der Waals surface area contributed by atoms with E-state index in [1.54, 1.807) is 25.1 Å². The van der Waals surface area contributed by atoms with Crippen molar-refractivity contribution in [1.82, 2.24) is 10.1 Å². The fourth-order valence-electron chi connectivity index (χ4n) is 3.60. The molecule has 11 heteroatoms. The number of carbonyl (C=O) groups is 1. The zero-order valence-electron chi connectivity index (χ0n) is 20.5. The summed E-state index contributed by atoms with van der Waals surface area (Å²) in [5.41, 5.74) is 5.41. The van der Waals surface area contributed by atoms with Crippen molar-refractivity contribution in [2.24, 2.45) is 5.73 Å². The van der Waals surface area contributed by atoms with Gasteiger partial charge in [0.15, 0.2) is 0 Å². The monoisotopic (exact) mass is 528 g/mol. The molecule has 0 saturated carbocycles. The highest BCUT2D eigenvalue weighted by Gasteiger charge is 2.24. The summed E-state index contributed by atoms with van der Waals surface area (Å²) in [6.07, 6.45) is 0.523. The van der Waals surface area contributed by atoms with Gasteiger partial charge in [0.1, 0.15) is 33.9 Å². The van der Waals surface area contributed by atoms with Gasteiger partial charge in [0.25, 0.3) is 5.91 Å². The Morgan fingerprint density at radius 3 is 2.54 bits per heavy atom. The fraction of sp³-hybridized carbons (Fsp3) is 0.269. The van der Waals surface area contributed by atoms with E-state index in [0.29, 0.717) is 41.9 Å². The Labute approximate surface area is 216 Å². The molecule has 0 radical (unpaired) electrons. The Morgan fingerprint density at radius 1 is 1.19 bits per heavy atom. The van der Waals surface area contributed by atoms with Crippen LogP contribution in [0.3, 0.4) is 0 Å². The van der Waals surface area contributed by atoms with Gasteiger partial charge in [-0.15, -0.1) is 11.3 Å². The topological polar surface area (TPSA) is 123 Å². The third kappa shape index (κ3) is 6.37. The van der Waals surface area contributed by atoms with Crippen LogP contribution >= 0.6 is 11.3 Å². The highest BCUT2D eigenvalue weighted by Crippen LogP contribution is 2.40. The second-order valence-electron chi connectivity index (χ2n) is 8.96. The van der Waals surface area contributed by atoms with Gasteiger partial charge in [-0.25, -0.2) is 13.8 Å². The lowest BCUT2D eigenvalue weighted by Crippen LogP contribution is -2.16. The number of carbonyl (C=O) groups excluding carboxylic acids is 1. The first kappa shape index (κ1) is 26.4. The van der Waals surface area contributed by atoms with Crippen molar-refractivity contribution in [2.45, 2.75) is 39.4 Å². The van der Waals surface area contributed by atoms with E-state index in [-0.39, 0.29) is 21.6 Å². The van der Waals surface area contributed by atoms with Gasteiger partial charge in [-0.2, -0.15) is 0 Å². The van der Waals surface area contributed by atoms with E-state index < -0.39 is 23.1 Å². The van der Waals surface area contributed by atoms with Gasteiger partial charge in [0.2, 0.25) is 0 Å². The molecule has 0 unspecified atom stereocenters. The Bertz CT molecular complexity index is 1410. The average Bonchev–Trinajstić information content (AvgIpc) is 3.42. The van der Waals surface area contributed by atoms with Crippen molar-refractivity contribution >= 4 is 28.1 Å². The first-order chi connectivity index (χ1) is 17.5. The first-order valence-electron chi connectivity index (χ1n) is 11.4. The summed E-state index contributed by atoms with van der Waals surface area (Å²) in [7, 11) is 0. The number of thiophene rings is 1. The van der Waals surface area contributed by atoms with Gasteiger partial charge in [0, 0.05) is 23.1 Å². The van der Waals surface area contributed by atoms with Crippen molar-refractivity contribution in [3.8, 4) is 10.4 Å². The van der Waals surface area contributed by atoms with Gasteiger partial charge in [-0.1, -0.05) is 11.2 Å². The fourth-order valence-corrected chi connectivity index (χ4v) is 4.71. The normalized spacial score (nSPS) is 11.6. The second kappa shape index (κ2) is 10.8. The van der Waals surface area contributed by atoms with E-state index in [0.717, 1.165) is 29.2 Å². The molecule has 37 heavy (non-hydrogen) atoms. The van der Waals surface area contributed by atoms with Crippen LogP contribution in [0.5, 0.6) is 0 Å². The Hall–Kier alpha value is -3.67. The lowest BCUT2D eigenvalue weighted by atomic mass is 9.96. The quantitative estimate of drug-likeness (QED) is 0.241. The van der Waals surface area contributed by atoms with Crippen LogP contribution in [0.2, 0.25) is 0 Å². The summed E-state index contributed by atoms with van der Waals surface area (Å²) < 4.78 is 40.4. The molecule has 4 aromatic rings. The summed E-state index contributed by atoms with van der Waals surface area (Å²) in [6.45, 7) is 5.39. The maximum Gasteiger partial charge on any atom is 0.251 e. The number of rotatable bonds is 10. The number of hydrogen-bond donors (Lipinski definition) is 3. The molecule has 1 amide bonds. The average molecular weight is 529 g/mol. The molecule has 4 rings (SSSR count). The molecule has 194 valence electrons. The number of amides is 1. The van der Waals surface area contributed by atoms with Gasteiger partial charge < -0.3 is 25.4 Å². The van der Waals surface area contributed by atoms with Crippen molar-refractivity contribution in [2.75, 3.05) is 11.9 Å². The molecule has 4 N–H and O–H groups in total. The van der Waals surface area contributed by atoms with Crippen LogP contribution in [-0.4, -0.2) is 27.8 Å². The number of nitrogens with zero attached hydrogens (tertiary/aromatic N) is 2. The summed E-state index contributed by atoms with van der Waals surface area (Å²) in [5, 5.41) is 17.3. The molecular weight excluding hydrogens is 502 g/mol. The summed E-state index contributed by atoms with van der Waals surface area (Å²) >= 11 is 0.969. The zero-order chi connectivity index (χ0) is 26.7. The number of halogens is 2. The minimum absolute atomic E-state index is 0.0730. The zero-order valence-corrected chi connectivity index (χ0v) is 21.3. The molecule has 0 atom stereocenters. The molecule has 0 bridgehead atoms. The van der Waals surface area contributed by atoms with Gasteiger partial charge in [0.05, 0.1) is 29.9 Å². The van der Waals surface area contributed by atoms with E-state index in [1.807, 2.05) is 6.07 Å². The number of aliphatic hydroxyl groups is 1. The Kier molecular flexibility index (Phi) is 7.67. The van der Waals surface area contributed by atoms with E-state index in [2.05, 4.69) is 15.5 Å². The highest BCUT2D eigenvalue weighted by atomic mass is 32.1. The standard InChI is InChI=1S/C26H26F2N4O4S/c1-14-9-17(32-36-14)13-35-8-7-16-5-4-6-22(30-16)31-25-18(24(29)33)12-21(37-25)23-19(27)10-15(11-20(23)28)26(2,3)34/h4-6,9-12,34H,7-8,13H2,1-3H3,(H2,29,33)(H,30,31). The summed E-state index contributed by atoms with van der Waals surface area (Å²) in [4.78, 5) is 16.8.